The summed E-state index contributed by atoms with van der Waals surface area (Å²) in [6.45, 7) is 11.7. The van der Waals surface area contributed by atoms with Crippen molar-refractivity contribution in [2.24, 2.45) is 34.5 Å². The van der Waals surface area contributed by atoms with Crippen LogP contribution in [0.1, 0.15) is 119 Å². The van der Waals surface area contributed by atoms with Gasteiger partial charge in [0.05, 0.1) is 48.3 Å². The van der Waals surface area contributed by atoms with Crippen LogP contribution in [0.25, 0.3) is 0 Å². The zero-order valence-corrected chi connectivity index (χ0v) is 34.5. The first-order chi connectivity index (χ1) is 27.0. The molecule has 0 aromatic carbocycles. The van der Waals surface area contributed by atoms with Crippen LogP contribution in [0.15, 0.2) is 11.6 Å². The molecule has 4 N–H and O–H groups in total. The maximum absolute atomic E-state index is 12.6. The highest BCUT2D eigenvalue weighted by molar-refractivity contribution is 5.85. The number of fused-ring (bicyclic) bond motifs is 5. The third kappa shape index (κ3) is 7.65. The van der Waals surface area contributed by atoms with Crippen molar-refractivity contribution in [1.82, 2.24) is 0 Å². The van der Waals surface area contributed by atoms with E-state index in [1.165, 1.54) is 6.92 Å². The number of carbonyl (C=O) groups is 2. The van der Waals surface area contributed by atoms with Gasteiger partial charge in [-0.05, 0) is 113 Å². The Labute approximate surface area is 336 Å². The van der Waals surface area contributed by atoms with Crippen molar-refractivity contribution in [3.8, 4) is 0 Å². The number of hydrogen-bond acceptors (Lipinski definition) is 14. The van der Waals surface area contributed by atoms with Gasteiger partial charge in [-0.25, -0.2) is 4.79 Å². The summed E-state index contributed by atoms with van der Waals surface area (Å²) in [5.74, 6) is 0.597. The second-order valence-electron chi connectivity index (χ2n) is 19.3. The minimum absolute atomic E-state index is 0.0144. The van der Waals surface area contributed by atoms with E-state index < -0.39 is 85.4 Å². The lowest BCUT2D eigenvalue weighted by Crippen LogP contribution is -2.62. The molecule has 8 aliphatic rings. The van der Waals surface area contributed by atoms with Crippen molar-refractivity contribution in [3.05, 3.63) is 11.6 Å². The third-order valence-corrected chi connectivity index (χ3v) is 16.1. The molecule has 0 spiro atoms. The summed E-state index contributed by atoms with van der Waals surface area (Å²) in [4.78, 5) is 23.4. The molecule has 0 aromatic heterocycles. The van der Waals surface area contributed by atoms with Crippen LogP contribution in [0.4, 0.5) is 0 Å². The summed E-state index contributed by atoms with van der Waals surface area (Å²) < 4.78 is 47.7. The fourth-order valence-electron chi connectivity index (χ4n) is 13.1. The maximum atomic E-state index is 12.6. The number of carbonyl (C=O) groups excluding carboxylic acids is 2. The first kappa shape index (κ1) is 42.0. The van der Waals surface area contributed by atoms with Crippen LogP contribution in [0, 0.1) is 34.5 Å². The van der Waals surface area contributed by atoms with Crippen molar-refractivity contribution in [1.29, 1.82) is 0 Å². The lowest BCUT2D eigenvalue weighted by atomic mass is 9.43. The molecule has 0 radical (unpaired) electrons. The molecule has 20 atom stereocenters. The van der Waals surface area contributed by atoms with Crippen LogP contribution in [0.3, 0.4) is 0 Å². The molecule has 0 amide bonds. The molecule has 12 unspecified atom stereocenters. The Kier molecular flexibility index (Phi) is 11.8. The predicted molar refractivity (Wildman–Crippen MR) is 201 cm³/mol. The van der Waals surface area contributed by atoms with E-state index >= 15 is 0 Å². The van der Waals surface area contributed by atoms with Crippen molar-refractivity contribution < 1.29 is 67.9 Å². The largest absolute Gasteiger partial charge is 0.458 e. The molecule has 8 rings (SSSR count). The van der Waals surface area contributed by atoms with Gasteiger partial charge in [0.2, 0.25) is 0 Å². The second kappa shape index (κ2) is 16.0. The first-order valence-electron chi connectivity index (χ1n) is 21.7. The van der Waals surface area contributed by atoms with Gasteiger partial charge >= 0.3 is 11.9 Å². The smallest absolute Gasteiger partial charge is 0.331 e. The van der Waals surface area contributed by atoms with Gasteiger partial charge < -0.3 is 58.3 Å². The number of hydrogen-bond donors (Lipinski definition) is 4. The number of ether oxygens (including phenoxy) is 8. The molecule has 0 bridgehead atoms. The van der Waals surface area contributed by atoms with Crippen LogP contribution in [-0.2, 0) is 47.5 Å². The van der Waals surface area contributed by atoms with Gasteiger partial charge in [-0.1, -0.05) is 13.8 Å². The van der Waals surface area contributed by atoms with E-state index in [-0.39, 0.29) is 54.0 Å². The Balaban J connectivity index is 0.813. The Hall–Kier alpha value is -1.72. The minimum atomic E-state index is -0.980. The highest BCUT2D eigenvalue weighted by atomic mass is 16.7. The number of cyclic esters (lactones) is 1. The lowest BCUT2D eigenvalue weighted by molar-refractivity contribution is -0.336. The number of aliphatic hydroxyl groups is 4. The molecule has 4 aliphatic heterocycles. The highest BCUT2D eigenvalue weighted by Gasteiger charge is 2.68. The van der Waals surface area contributed by atoms with Crippen molar-refractivity contribution >= 4 is 11.9 Å². The van der Waals surface area contributed by atoms with Gasteiger partial charge in [0.25, 0.3) is 0 Å². The summed E-state index contributed by atoms with van der Waals surface area (Å²) in [6, 6.07) is 0. The van der Waals surface area contributed by atoms with E-state index in [1.54, 1.807) is 19.9 Å². The standard InChI is InChI=1S/C43H66O14/c1-21-38(54-24(4)44)31(45)18-36(52-21)56-40-23(3)53-37(19-33(40)47)57-39-22(2)51-35(17-32(39)46)55-27-9-12-41(5)26(16-27)7-8-30-29(41)10-13-42(6)28(11-14-43(30,42)49)25-15-34(48)50-20-25/h15,21-23,26-33,35-40,45-47,49H,7-14,16-20H2,1-6H3/t21?,22?,23?,26-,27+,28-,29+,30-,31?,32?,33?,35?,36?,37?,38?,39?,40?,41+,42-,43+/m1/s1. The monoisotopic (exact) mass is 806 g/mol. The van der Waals surface area contributed by atoms with E-state index in [9.17, 15) is 30.0 Å². The van der Waals surface area contributed by atoms with E-state index in [4.69, 9.17) is 37.9 Å². The molecule has 3 saturated heterocycles. The molecular formula is C43H66O14. The van der Waals surface area contributed by atoms with Gasteiger partial charge in [-0.3, -0.25) is 4.79 Å². The quantitative estimate of drug-likeness (QED) is 0.205. The van der Waals surface area contributed by atoms with Gasteiger partial charge in [0.1, 0.15) is 18.8 Å². The Morgan fingerprint density at radius 1 is 0.719 bits per heavy atom. The molecule has 7 fully saturated rings. The minimum Gasteiger partial charge on any atom is -0.458 e. The van der Waals surface area contributed by atoms with Crippen LogP contribution >= 0.6 is 0 Å². The molecule has 4 saturated carbocycles. The molecule has 0 aromatic rings. The molecule has 4 heterocycles. The van der Waals surface area contributed by atoms with Crippen LogP contribution in [0.2, 0.25) is 0 Å². The third-order valence-electron chi connectivity index (χ3n) is 16.1. The summed E-state index contributed by atoms with van der Waals surface area (Å²) in [6.07, 6.45) is 1.78. The highest BCUT2D eigenvalue weighted by Crippen LogP contribution is 2.70. The molecular weight excluding hydrogens is 740 g/mol. The van der Waals surface area contributed by atoms with Crippen molar-refractivity contribution in [3.63, 3.8) is 0 Å². The lowest BCUT2D eigenvalue weighted by Gasteiger charge is -2.64. The van der Waals surface area contributed by atoms with E-state index in [0.717, 1.165) is 63.4 Å². The Morgan fingerprint density at radius 3 is 1.84 bits per heavy atom. The van der Waals surface area contributed by atoms with Gasteiger partial charge in [-0.2, -0.15) is 0 Å². The normalized spacial score (nSPS) is 52.6. The summed E-state index contributed by atoms with van der Waals surface area (Å²) in [7, 11) is 0. The maximum Gasteiger partial charge on any atom is 0.331 e. The Bertz CT molecular complexity index is 1490. The zero-order valence-electron chi connectivity index (χ0n) is 34.5. The second-order valence-corrected chi connectivity index (χ2v) is 19.3. The summed E-state index contributed by atoms with van der Waals surface area (Å²) >= 11 is 0. The fraction of sp³-hybridized carbons (Fsp3) is 0.907. The van der Waals surface area contributed by atoms with Crippen LogP contribution in [-0.4, -0.2) is 124 Å². The average Bonchev–Trinajstić information content (AvgIpc) is 3.68. The van der Waals surface area contributed by atoms with Crippen LogP contribution in [0.5, 0.6) is 0 Å². The number of esters is 2. The van der Waals surface area contributed by atoms with E-state index in [1.807, 2.05) is 6.92 Å². The molecule has 14 heteroatoms. The average molecular weight is 807 g/mol. The SMILES string of the molecule is CC(=O)OC1C(O)CC(OC2C(O)CC(OC3C(O)CC(O[C@H]4CC[C@@]5(C)[C@H](CC[C@@H]6[C@@H]5CC[C@]5(C)[C@@H](C7=CC(=O)OC7)CC[C@]65O)C4)OC3C)OC2C)OC1C. The summed E-state index contributed by atoms with van der Waals surface area (Å²) in [5.41, 5.74) is 0.191. The molecule has 322 valence electrons. The summed E-state index contributed by atoms with van der Waals surface area (Å²) in [5, 5.41) is 45.6. The number of aliphatic hydroxyl groups excluding tert-OH is 3. The van der Waals surface area contributed by atoms with E-state index in [2.05, 4.69) is 13.8 Å². The molecule has 4 aliphatic carbocycles. The topological polar surface area (TPSA) is 189 Å². The van der Waals surface area contributed by atoms with Crippen molar-refractivity contribution in [2.75, 3.05) is 6.61 Å². The van der Waals surface area contributed by atoms with Gasteiger partial charge in [0, 0.05) is 37.7 Å². The zero-order chi connectivity index (χ0) is 40.6. The predicted octanol–water partition coefficient (Wildman–Crippen LogP) is 3.82. The molecule has 57 heavy (non-hydrogen) atoms. The van der Waals surface area contributed by atoms with Crippen LogP contribution < -0.4 is 0 Å². The molecule has 14 nitrogen and oxygen atoms in total. The Morgan fingerprint density at radius 2 is 1.30 bits per heavy atom. The van der Waals surface area contributed by atoms with Gasteiger partial charge in [0.15, 0.2) is 25.0 Å². The van der Waals surface area contributed by atoms with Crippen molar-refractivity contribution in [2.45, 2.75) is 204 Å². The first-order valence-corrected chi connectivity index (χ1v) is 21.7. The fourth-order valence-corrected chi connectivity index (χ4v) is 13.1. The van der Waals surface area contributed by atoms with Gasteiger partial charge in [-0.15, -0.1) is 0 Å². The van der Waals surface area contributed by atoms with E-state index in [0.29, 0.717) is 18.4 Å². The number of rotatable bonds is 8.